The monoisotopic (exact) mass is 460 g/mol. The van der Waals surface area contributed by atoms with Crippen molar-refractivity contribution in [1.82, 2.24) is 9.88 Å². The zero-order chi connectivity index (χ0) is 23.5. The van der Waals surface area contributed by atoms with Crippen molar-refractivity contribution in [3.05, 3.63) is 80.7 Å². The standard InChI is InChI=1S/C20H25ClN2O.C4H4O4/c1-2-14-23-19-5-3-4-18(17(19)10-11-20(23)24)22-13-12-15-6-8-16(21)9-7-15;5-3(6)1-2-4(7)8/h6-11,18,22H,2-5,12-14H2,1H3;1-2H,(H,5,6)(H,7,8). The first-order chi connectivity index (χ1) is 15.3. The van der Waals surface area contributed by atoms with Crippen molar-refractivity contribution in [3.63, 3.8) is 0 Å². The Morgan fingerprint density at radius 2 is 1.78 bits per heavy atom. The number of aromatic nitrogens is 1. The van der Waals surface area contributed by atoms with Gasteiger partial charge in [0.15, 0.2) is 0 Å². The van der Waals surface area contributed by atoms with Gasteiger partial charge < -0.3 is 20.1 Å². The third-order valence-corrected chi connectivity index (χ3v) is 5.40. The molecule has 0 radical (unpaired) electrons. The number of aliphatic carboxylic acids is 2. The predicted molar refractivity (Wildman–Crippen MR) is 124 cm³/mol. The maximum absolute atomic E-state index is 12.1. The first-order valence-electron chi connectivity index (χ1n) is 10.7. The van der Waals surface area contributed by atoms with Crippen molar-refractivity contribution in [2.75, 3.05) is 6.54 Å². The maximum Gasteiger partial charge on any atom is 0.328 e. The molecule has 3 rings (SSSR count). The first kappa shape index (κ1) is 25.4. The second kappa shape index (κ2) is 12.8. The van der Waals surface area contributed by atoms with Crippen LogP contribution < -0.4 is 10.9 Å². The van der Waals surface area contributed by atoms with Gasteiger partial charge >= 0.3 is 11.9 Å². The van der Waals surface area contributed by atoms with Gasteiger partial charge in [-0.25, -0.2) is 9.59 Å². The lowest BCUT2D eigenvalue weighted by molar-refractivity contribution is -0.134. The van der Waals surface area contributed by atoms with Crippen LogP contribution in [0.15, 0.2) is 53.3 Å². The lowest BCUT2D eigenvalue weighted by Crippen LogP contribution is -2.32. The Labute approximate surface area is 192 Å². The molecule has 1 aromatic carbocycles. The Bertz CT molecular complexity index is 982. The molecule has 1 heterocycles. The summed E-state index contributed by atoms with van der Waals surface area (Å²) in [5.41, 5.74) is 3.97. The first-order valence-corrected chi connectivity index (χ1v) is 11.0. The molecule has 0 fully saturated rings. The number of carbonyl (C=O) groups is 2. The molecule has 1 aliphatic carbocycles. The SMILES string of the molecule is CCCn1c2c(ccc1=O)C(NCCc1ccc(Cl)cc1)CCC2.O=C(O)C=CC(=O)O. The largest absolute Gasteiger partial charge is 0.478 e. The third-order valence-electron chi connectivity index (χ3n) is 5.15. The van der Waals surface area contributed by atoms with Crippen molar-refractivity contribution in [1.29, 1.82) is 0 Å². The molecule has 0 bridgehead atoms. The highest BCUT2D eigenvalue weighted by molar-refractivity contribution is 6.30. The Kier molecular flexibility index (Phi) is 10.2. The molecule has 32 heavy (non-hydrogen) atoms. The van der Waals surface area contributed by atoms with Gasteiger partial charge in [0.2, 0.25) is 0 Å². The van der Waals surface area contributed by atoms with Crippen LogP contribution in [-0.2, 0) is 29.0 Å². The molecule has 1 atom stereocenters. The molecule has 1 aliphatic rings. The van der Waals surface area contributed by atoms with Crippen molar-refractivity contribution in [3.8, 4) is 0 Å². The highest BCUT2D eigenvalue weighted by Crippen LogP contribution is 2.28. The van der Waals surface area contributed by atoms with Crippen LogP contribution in [-0.4, -0.2) is 33.3 Å². The number of fused-ring (bicyclic) bond motifs is 1. The van der Waals surface area contributed by atoms with Crippen LogP contribution >= 0.6 is 11.6 Å². The van der Waals surface area contributed by atoms with Gasteiger partial charge in [-0.2, -0.15) is 0 Å². The molecule has 0 saturated carbocycles. The molecule has 3 N–H and O–H groups in total. The summed E-state index contributed by atoms with van der Waals surface area (Å²) < 4.78 is 1.97. The highest BCUT2D eigenvalue weighted by Gasteiger charge is 2.22. The number of carboxylic acids is 2. The van der Waals surface area contributed by atoms with Gasteiger partial charge in [0.25, 0.3) is 5.56 Å². The van der Waals surface area contributed by atoms with Gasteiger partial charge in [-0.15, -0.1) is 0 Å². The number of nitrogens with zero attached hydrogens (tertiary/aromatic N) is 1. The summed E-state index contributed by atoms with van der Waals surface area (Å²) in [6.45, 7) is 3.87. The predicted octanol–water partition coefficient (Wildman–Crippen LogP) is 3.83. The summed E-state index contributed by atoms with van der Waals surface area (Å²) in [7, 11) is 0. The summed E-state index contributed by atoms with van der Waals surface area (Å²) in [4.78, 5) is 31.3. The number of hydrogen-bond donors (Lipinski definition) is 3. The molecule has 1 aromatic heterocycles. The topological polar surface area (TPSA) is 109 Å². The molecule has 7 nitrogen and oxygen atoms in total. The second-order valence-electron chi connectivity index (χ2n) is 7.51. The lowest BCUT2D eigenvalue weighted by Gasteiger charge is -2.28. The molecule has 1 unspecified atom stereocenters. The Balaban J connectivity index is 0.000000390. The minimum atomic E-state index is -1.26. The van der Waals surface area contributed by atoms with Gasteiger partial charge in [0.1, 0.15) is 0 Å². The third kappa shape index (κ3) is 7.98. The number of pyridine rings is 1. The van der Waals surface area contributed by atoms with E-state index in [1.165, 1.54) is 16.8 Å². The van der Waals surface area contributed by atoms with Gasteiger partial charge in [0, 0.05) is 41.5 Å². The number of nitrogens with one attached hydrogen (secondary N) is 1. The smallest absolute Gasteiger partial charge is 0.328 e. The fourth-order valence-corrected chi connectivity index (χ4v) is 3.85. The van der Waals surface area contributed by atoms with E-state index in [1.54, 1.807) is 6.07 Å². The van der Waals surface area contributed by atoms with Crippen LogP contribution in [0.1, 0.15) is 49.0 Å². The van der Waals surface area contributed by atoms with E-state index in [9.17, 15) is 14.4 Å². The van der Waals surface area contributed by atoms with Gasteiger partial charge in [0.05, 0.1) is 0 Å². The summed E-state index contributed by atoms with van der Waals surface area (Å²) >= 11 is 5.93. The van der Waals surface area contributed by atoms with Crippen LogP contribution in [0.4, 0.5) is 0 Å². The number of benzene rings is 1. The van der Waals surface area contributed by atoms with Crippen LogP contribution in [0, 0.1) is 0 Å². The van der Waals surface area contributed by atoms with Crippen LogP contribution in [0.25, 0.3) is 0 Å². The molecule has 0 saturated heterocycles. The minimum Gasteiger partial charge on any atom is -0.478 e. The van der Waals surface area contributed by atoms with Crippen molar-refractivity contribution < 1.29 is 19.8 Å². The minimum absolute atomic E-state index is 0.136. The van der Waals surface area contributed by atoms with E-state index >= 15 is 0 Å². The maximum atomic E-state index is 12.1. The van der Waals surface area contributed by atoms with Crippen LogP contribution in [0.5, 0.6) is 0 Å². The van der Waals surface area contributed by atoms with E-state index in [-0.39, 0.29) is 5.56 Å². The van der Waals surface area contributed by atoms with Gasteiger partial charge in [-0.3, -0.25) is 4.79 Å². The van der Waals surface area contributed by atoms with Crippen molar-refractivity contribution in [2.45, 2.75) is 51.6 Å². The summed E-state index contributed by atoms with van der Waals surface area (Å²) in [6.07, 6.45) is 6.38. The molecule has 172 valence electrons. The van der Waals surface area contributed by atoms with Gasteiger partial charge in [-0.05, 0) is 61.9 Å². The second-order valence-corrected chi connectivity index (χ2v) is 7.95. The Hall–Kier alpha value is -2.90. The average Bonchev–Trinajstić information content (AvgIpc) is 2.76. The summed E-state index contributed by atoms with van der Waals surface area (Å²) in [5, 5.41) is 20.1. The molecule has 0 aliphatic heterocycles. The summed E-state index contributed by atoms with van der Waals surface area (Å²) in [6, 6.07) is 12.2. The van der Waals surface area contributed by atoms with Crippen molar-refractivity contribution in [2.24, 2.45) is 0 Å². The van der Waals surface area contributed by atoms with Crippen LogP contribution in [0.2, 0.25) is 5.02 Å². The number of hydrogen-bond acceptors (Lipinski definition) is 4. The van der Waals surface area contributed by atoms with E-state index < -0.39 is 11.9 Å². The Morgan fingerprint density at radius 1 is 1.12 bits per heavy atom. The number of rotatable bonds is 8. The zero-order valence-electron chi connectivity index (χ0n) is 18.1. The fourth-order valence-electron chi connectivity index (χ4n) is 3.73. The quantitative estimate of drug-likeness (QED) is 0.516. The lowest BCUT2D eigenvalue weighted by atomic mass is 9.90. The normalized spacial score (nSPS) is 15.0. The molecular formula is C24H29ClN2O5. The molecular weight excluding hydrogens is 432 g/mol. The van der Waals surface area contributed by atoms with E-state index in [4.69, 9.17) is 21.8 Å². The number of halogens is 1. The van der Waals surface area contributed by atoms with Crippen LogP contribution in [0.3, 0.4) is 0 Å². The molecule has 0 amide bonds. The van der Waals surface area contributed by atoms with E-state index in [0.29, 0.717) is 18.2 Å². The van der Waals surface area contributed by atoms with E-state index in [0.717, 1.165) is 50.2 Å². The van der Waals surface area contributed by atoms with E-state index in [2.05, 4.69) is 24.4 Å². The van der Waals surface area contributed by atoms with Crippen molar-refractivity contribution >= 4 is 23.5 Å². The number of carboxylic acid groups (broad SMARTS) is 2. The highest BCUT2D eigenvalue weighted by atomic mass is 35.5. The average molecular weight is 461 g/mol. The Morgan fingerprint density at radius 3 is 2.38 bits per heavy atom. The molecule has 2 aromatic rings. The fraction of sp³-hybridized carbons (Fsp3) is 0.375. The van der Waals surface area contributed by atoms with Gasteiger partial charge in [-0.1, -0.05) is 36.7 Å². The molecule has 0 spiro atoms. The summed E-state index contributed by atoms with van der Waals surface area (Å²) in [5.74, 6) is -2.51. The molecule has 8 heteroatoms. The zero-order valence-corrected chi connectivity index (χ0v) is 18.8. The van der Waals surface area contributed by atoms with E-state index in [1.807, 2.05) is 22.8 Å².